The molecule has 0 bridgehead atoms. The summed E-state index contributed by atoms with van der Waals surface area (Å²) in [4.78, 5) is 0. The highest BCUT2D eigenvalue weighted by atomic mass is 35.5. The first kappa shape index (κ1) is 14.1. The molecular weight excluding hydrogens is 251 g/mol. The van der Waals surface area contributed by atoms with E-state index in [0.717, 1.165) is 6.07 Å². The van der Waals surface area contributed by atoms with Crippen LogP contribution in [0.4, 0.5) is 13.2 Å². The molecule has 2 N–H and O–H groups in total. The van der Waals surface area contributed by atoms with Gasteiger partial charge < -0.3 is 5.73 Å². The summed E-state index contributed by atoms with van der Waals surface area (Å²) in [5.74, 6) is 0. The van der Waals surface area contributed by atoms with Gasteiger partial charge in [0.05, 0.1) is 5.56 Å². The number of halogens is 4. The molecule has 1 aromatic carbocycles. The monoisotopic (exact) mass is 263 g/mol. The molecule has 0 aliphatic rings. The number of rotatable bonds is 4. The summed E-state index contributed by atoms with van der Waals surface area (Å²) in [6.45, 7) is 3.51. The second-order valence-corrected chi connectivity index (χ2v) is 4.14. The van der Waals surface area contributed by atoms with Crippen LogP contribution in [0.2, 0.25) is 5.02 Å². The van der Waals surface area contributed by atoms with E-state index in [0.29, 0.717) is 12.8 Å². The standard InChI is InChI=1S/C12H13ClF3N/c1-2-3-4-11(17)9-6-5-8(13)7-10(9)12(14,15)16/h2,5-7,11H,1,3-4,17H2/t11-/m0/s1. The minimum Gasteiger partial charge on any atom is -0.324 e. The van der Waals surface area contributed by atoms with Crippen molar-refractivity contribution >= 4 is 11.6 Å². The van der Waals surface area contributed by atoms with Crippen LogP contribution in [0.15, 0.2) is 30.9 Å². The fraction of sp³-hybridized carbons (Fsp3) is 0.333. The van der Waals surface area contributed by atoms with Crippen LogP contribution in [0, 0.1) is 0 Å². The molecule has 94 valence electrons. The lowest BCUT2D eigenvalue weighted by molar-refractivity contribution is -0.138. The highest BCUT2D eigenvalue weighted by Crippen LogP contribution is 2.36. The molecule has 0 aromatic heterocycles. The van der Waals surface area contributed by atoms with Gasteiger partial charge in [0.15, 0.2) is 0 Å². The Morgan fingerprint density at radius 3 is 2.59 bits per heavy atom. The fourth-order valence-corrected chi connectivity index (χ4v) is 1.72. The Bertz CT molecular complexity index is 401. The lowest BCUT2D eigenvalue weighted by atomic mass is 9.97. The molecule has 0 fully saturated rings. The van der Waals surface area contributed by atoms with Crippen molar-refractivity contribution in [1.82, 2.24) is 0 Å². The Kier molecular flexibility index (Phi) is 4.60. The maximum absolute atomic E-state index is 12.8. The summed E-state index contributed by atoms with van der Waals surface area (Å²) in [6.07, 6.45) is -1.82. The molecule has 1 aromatic rings. The van der Waals surface area contributed by atoms with Crippen LogP contribution in [0.25, 0.3) is 0 Å². The van der Waals surface area contributed by atoms with Crippen LogP contribution < -0.4 is 5.73 Å². The average Bonchev–Trinajstić information content (AvgIpc) is 2.24. The molecule has 0 saturated carbocycles. The maximum Gasteiger partial charge on any atom is 0.416 e. The highest BCUT2D eigenvalue weighted by Gasteiger charge is 2.34. The van der Waals surface area contributed by atoms with Gasteiger partial charge in [-0.3, -0.25) is 0 Å². The second kappa shape index (κ2) is 5.56. The number of allylic oxidation sites excluding steroid dienone is 1. The third-order valence-corrected chi connectivity index (χ3v) is 2.64. The van der Waals surface area contributed by atoms with E-state index >= 15 is 0 Å². The van der Waals surface area contributed by atoms with E-state index in [1.165, 1.54) is 12.1 Å². The van der Waals surface area contributed by atoms with Crippen molar-refractivity contribution in [2.45, 2.75) is 25.1 Å². The number of benzene rings is 1. The quantitative estimate of drug-likeness (QED) is 0.804. The molecule has 0 spiro atoms. The summed E-state index contributed by atoms with van der Waals surface area (Å²) in [5.41, 5.74) is 5.05. The summed E-state index contributed by atoms with van der Waals surface area (Å²) in [5, 5.41) is 0.0528. The molecule has 0 heterocycles. The first-order valence-electron chi connectivity index (χ1n) is 5.09. The van der Waals surface area contributed by atoms with E-state index in [4.69, 9.17) is 17.3 Å². The van der Waals surface area contributed by atoms with E-state index in [1.807, 2.05) is 0 Å². The van der Waals surface area contributed by atoms with E-state index in [-0.39, 0.29) is 10.6 Å². The number of hydrogen-bond donors (Lipinski definition) is 1. The Hall–Kier alpha value is -1.00. The third kappa shape index (κ3) is 3.75. The van der Waals surface area contributed by atoms with Crippen LogP contribution in [0.1, 0.15) is 30.0 Å². The summed E-state index contributed by atoms with van der Waals surface area (Å²) in [6, 6.07) is 2.99. The maximum atomic E-state index is 12.8. The van der Waals surface area contributed by atoms with Crippen molar-refractivity contribution in [2.24, 2.45) is 5.73 Å². The Morgan fingerprint density at radius 1 is 1.41 bits per heavy atom. The molecule has 0 amide bonds. The topological polar surface area (TPSA) is 26.0 Å². The smallest absolute Gasteiger partial charge is 0.324 e. The zero-order chi connectivity index (χ0) is 13.1. The van der Waals surface area contributed by atoms with Gasteiger partial charge in [0.1, 0.15) is 0 Å². The molecular formula is C12H13ClF3N. The summed E-state index contributed by atoms with van der Waals surface area (Å²) >= 11 is 5.57. The zero-order valence-electron chi connectivity index (χ0n) is 9.10. The minimum atomic E-state index is -4.44. The second-order valence-electron chi connectivity index (χ2n) is 3.70. The van der Waals surface area contributed by atoms with Crippen molar-refractivity contribution in [1.29, 1.82) is 0 Å². The molecule has 0 aliphatic carbocycles. The van der Waals surface area contributed by atoms with Crippen LogP contribution >= 0.6 is 11.6 Å². The molecule has 5 heteroatoms. The Balaban J connectivity index is 3.10. The normalized spacial score (nSPS) is 13.5. The van der Waals surface area contributed by atoms with Crippen molar-refractivity contribution in [3.05, 3.63) is 47.0 Å². The summed E-state index contributed by atoms with van der Waals surface area (Å²) < 4.78 is 38.3. The van der Waals surface area contributed by atoms with Gasteiger partial charge in [0.25, 0.3) is 0 Å². The number of alkyl halides is 3. The SMILES string of the molecule is C=CCC[C@H](N)c1ccc(Cl)cc1C(F)(F)F. The predicted molar refractivity (Wildman–Crippen MR) is 62.8 cm³/mol. The number of nitrogens with two attached hydrogens (primary N) is 1. The van der Waals surface area contributed by atoms with Crippen LogP contribution in [-0.2, 0) is 6.18 Å². The van der Waals surface area contributed by atoms with E-state index in [1.54, 1.807) is 6.08 Å². The van der Waals surface area contributed by atoms with Gasteiger partial charge in [-0.05, 0) is 30.5 Å². The molecule has 1 atom stereocenters. The van der Waals surface area contributed by atoms with Gasteiger partial charge in [0, 0.05) is 11.1 Å². The molecule has 0 radical (unpaired) electrons. The Morgan fingerprint density at radius 2 is 2.06 bits per heavy atom. The van der Waals surface area contributed by atoms with Crippen molar-refractivity contribution in [3.8, 4) is 0 Å². The van der Waals surface area contributed by atoms with Crippen molar-refractivity contribution < 1.29 is 13.2 Å². The van der Waals surface area contributed by atoms with Gasteiger partial charge in [0.2, 0.25) is 0 Å². The predicted octanol–water partition coefficient (Wildman–Crippen LogP) is 4.32. The van der Waals surface area contributed by atoms with Crippen LogP contribution in [-0.4, -0.2) is 0 Å². The highest BCUT2D eigenvalue weighted by molar-refractivity contribution is 6.30. The molecule has 0 saturated heterocycles. The average molecular weight is 264 g/mol. The fourth-order valence-electron chi connectivity index (χ4n) is 1.55. The molecule has 1 nitrogen and oxygen atoms in total. The van der Waals surface area contributed by atoms with E-state index < -0.39 is 17.8 Å². The number of hydrogen-bond acceptors (Lipinski definition) is 1. The summed E-state index contributed by atoms with van der Waals surface area (Å²) in [7, 11) is 0. The van der Waals surface area contributed by atoms with Gasteiger partial charge in [-0.15, -0.1) is 6.58 Å². The van der Waals surface area contributed by atoms with Gasteiger partial charge in [-0.2, -0.15) is 13.2 Å². The molecule has 0 unspecified atom stereocenters. The van der Waals surface area contributed by atoms with Gasteiger partial charge >= 0.3 is 6.18 Å². The lowest BCUT2D eigenvalue weighted by Gasteiger charge is -2.18. The van der Waals surface area contributed by atoms with Crippen LogP contribution in [0.5, 0.6) is 0 Å². The van der Waals surface area contributed by atoms with E-state index in [9.17, 15) is 13.2 Å². The molecule has 1 rings (SSSR count). The first-order valence-corrected chi connectivity index (χ1v) is 5.47. The zero-order valence-corrected chi connectivity index (χ0v) is 9.85. The molecule has 17 heavy (non-hydrogen) atoms. The Labute approximate surface area is 103 Å². The largest absolute Gasteiger partial charge is 0.416 e. The van der Waals surface area contributed by atoms with E-state index in [2.05, 4.69) is 6.58 Å². The van der Waals surface area contributed by atoms with Crippen LogP contribution in [0.3, 0.4) is 0 Å². The third-order valence-electron chi connectivity index (χ3n) is 2.40. The lowest BCUT2D eigenvalue weighted by Crippen LogP contribution is -2.17. The van der Waals surface area contributed by atoms with Crippen molar-refractivity contribution in [2.75, 3.05) is 0 Å². The molecule has 0 aliphatic heterocycles. The van der Waals surface area contributed by atoms with Crippen molar-refractivity contribution in [3.63, 3.8) is 0 Å². The van der Waals surface area contributed by atoms with Gasteiger partial charge in [-0.25, -0.2) is 0 Å². The first-order chi connectivity index (χ1) is 7.86. The minimum absolute atomic E-state index is 0.0528. The van der Waals surface area contributed by atoms with Gasteiger partial charge in [-0.1, -0.05) is 23.7 Å².